The smallest absolute Gasteiger partial charge is 0.366 e. The average Bonchev–Trinajstić information content (AvgIpc) is 2.92. The molecule has 4 rings (SSSR count). The van der Waals surface area contributed by atoms with Crippen molar-refractivity contribution >= 4 is 22.4 Å². The van der Waals surface area contributed by atoms with E-state index < -0.39 is 22.5 Å². The molecule has 7 heteroatoms. The van der Waals surface area contributed by atoms with Gasteiger partial charge in [0.25, 0.3) is 5.91 Å². The highest BCUT2D eigenvalue weighted by Crippen LogP contribution is 2.33. The van der Waals surface area contributed by atoms with E-state index in [2.05, 4.69) is 28.4 Å². The second-order valence-corrected chi connectivity index (χ2v) is 9.71. The molecule has 0 radical (unpaired) electrons. The summed E-state index contributed by atoms with van der Waals surface area (Å²) in [6.07, 6.45) is 0.543. The maximum atomic E-state index is 13.6. The lowest BCUT2D eigenvalue weighted by Crippen LogP contribution is -2.46. The molecule has 0 aliphatic heterocycles. The molecule has 0 bridgehead atoms. The van der Waals surface area contributed by atoms with E-state index >= 15 is 0 Å². The lowest BCUT2D eigenvalue weighted by molar-refractivity contribution is -0.130. The molecule has 0 fully saturated rings. The van der Waals surface area contributed by atoms with E-state index in [9.17, 15) is 14.7 Å². The van der Waals surface area contributed by atoms with E-state index in [0.717, 1.165) is 5.56 Å². The van der Waals surface area contributed by atoms with Gasteiger partial charge in [0.05, 0.1) is 22.7 Å². The largest absolute Gasteiger partial charge is 0.369 e. The molecule has 38 heavy (non-hydrogen) atoms. The number of hydrogen-bond acceptors (Lipinski definition) is 6. The predicted octanol–water partition coefficient (Wildman–Crippen LogP) is 4.71. The van der Waals surface area contributed by atoms with E-state index in [1.807, 2.05) is 51.1 Å². The molecule has 1 amide bonds. The highest BCUT2D eigenvalue weighted by molar-refractivity contribution is 6.01. The van der Waals surface area contributed by atoms with Crippen molar-refractivity contribution in [3.63, 3.8) is 0 Å². The molecule has 4 aromatic rings. The summed E-state index contributed by atoms with van der Waals surface area (Å²) >= 11 is 0. The number of benzene rings is 3. The highest BCUT2D eigenvalue weighted by atomic mass is 16.5. The van der Waals surface area contributed by atoms with E-state index in [0.29, 0.717) is 39.7 Å². The van der Waals surface area contributed by atoms with Gasteiger partial charge in [-0.3, -0.25) is 4.79 Å². The number of aromatic nitrogens is 1. The number of anilines is 1. The summed E-state index contributed by atoms with van der Waals surface area (Å²) in [5.74, 6) is 5.00. The molecule has 0 spiro atoms. The quantitative estimate of drug-likeness (QED) is 0.367. The zero-order valence-corrected chi connectivity index (χ0v) is 21.4. The van der Waals surface area contributed by atoms with Gasteiger partial charge in [-0.15, -0.1) is 0 Å². The molecule has 0 saturated carbocycles. The lowest BCUT2D eigenvalue weighted by atomic mass is 9.75. The molecule has 0 saturated heterocycles. The zero-order chi connectivity index (χ0) is 27.3. The first kappa shape index (κ1) is 26.3. The Morgan fingerprint density at radius 1 is 1.03 bits per heavy atom. The van der Waals surface area contributed by atoms with Crippen molar-refractivity contribution in [3.8, 4) is 17.9 Å². The Morgan fingerprint density at radius 2 is 1.71 bits per heavy atom. The number of rotatable bonds is 6. The SMILES string of the molecule is CCc1noc(=O)c2ccc(NC(=O)C(O)(C#Cc3ccc(C#N)cc3)CC(C)(C)c3ccccc3)cc12. The van der Waals surface area contributed by atoms with Gasteiger partial charge in [-0.05, 0) is 59.9 Å². The number of nitrogens with one attached hydrogen (secondary N) is 1. The first-order valence-corrected chi connectivity index (χ1v) is 12.2. The van der Waals surface area contributed by atoms with Crippen molar-refractivity contribution in [1.29, 1.82) is 5.26 Å². The maximum absolute atomic E-state index is 13.6. The van der Waals surface area contributed by atoms with Crippen LogP contribution in [0.5, 0.6) is 0 Å². The number of fused-ring (bicyclic) bond motifs is 1. The zero-order valence-electron chi connectivity index (χ0n) is 21.4. The number of carbonyl (C=O) groups excluding carboxylic acids is 1. The van der Waals surface area contributed by atoms with Crippen molar-refractivity contribution in [2.45, 2.75) is 44.6 Å². The van der Waals surface area contributed by atoms with Crippen LogP contribution in [0.15, 0.2) is 82.1 Å². The first-order chi connectivity index (χ1) is 18.1. The Morgan fingerprint density at radius 3 is 2.37 bits per heavy atom. The normalized spacial score (nSPS) is 12.6. The number of nitrogens with zero attached hydrogens (tertiary/aromatic N) is 2. The summed E-state index contributed by atoms with van der Waals surface area (Å²) in [5.41, 5.74) is -0.272. The molecule has 190 valence electrons. The van der Waals surface area contributed by atoms with Crippen LogP contribution in [0.4, 0.5) is 5.69 Å². The average molecular weight is 506 g/mol. The summed E-state index contributed by atoms with van der Waals surface area (Å²) in [4.78, 5) is 25.7. The first-order valence-electron chi connectivity index (χ1n) is 12.2. The van der Waals surface area contributed by atoms with Crippen molar-refractivity contribution in [3.05, 3.63) is 106 Å². The van der Waals surface area contributed by atoms with Crippen LogP contribution in [-0.4, -0.2) is 21.8 Å². The molecule has 0 aliphatic carbocycles. The van der Waals surface area contributed by atoms with Gasteiger partial charge in [0, 0.05) is 23.1 Å². The van der Waals surface area contributed by atoms with Crippen molar-refractivity contribution in [2.24, 2.45) is 0 Å². The topological polar surface area (TPSA) is 116 Å². The van der Waals surface area contributed by atoms with Gasteiger partial charge < -0.3 is 14.9 Å². The Hall–Kier alpha value is -4.72. The van der Waals surface area contributed by atoms with Crippen molar-refractivity contribution < 1.29 is 14.4 Å². The lowest BCUT2D eigenvalue weighted by Gasteiger charge is -2.32. The van der Waals surface area contributed by atoms with Gasteiger partial charge in [0.15, 0.2) is 0 Å². The van der Waals surface area contributed by atoms with Gasteiger partial charge in [0.1, 0.15) is 0 Å². The molecular formula is C31H27N3O4. The van der Waals surface area contributed by atoms with E-state index in [4.69, 9.17) is 9.78 Å². The van der Waals surface area contributed by atoms with Gasteiger partial charge in [-0.25, -0.2) is 4.79 Å². The van der Waals surface area contributed by atoms with Gasteiger partial charge in [-0.1, -0.05) is 68.1 Å². The van der Waals surface area contributed by atoms with Crippen LogP contribution in [0, 0.1) is 23.2 Å². The van der Waals surface area contributed by atoms with E-state index in [-0.39, 0.29) is 6.42 Å². The molecular weight excluding hydrogens is 478 g/mol. The monoisotopic (exact) mass is 505 g/mol. The van der Waals surface area contributed by atoms with Crippen LogP contribution < -0.4 is 10.9 Å². The number of carbonyl (C=O) groups is 1. The maximum Gasteiger partial charge on any atom is 0.366 e. The molecule has 1 aromatic heterocycles. The summed E-state index contributed by atoms with van der Waals surface area (Å²) in [6, 6.07) is 23.0. The minimum absolute atomic E-state index is 0.0120. The minimum Gasteiger partial charge on any atom is -0.369 e. The fourth-order valence-corrected chi connectivity index (χ4v) is 4.34. The third kappa shape index (κ3) is 5.64. The Balaban J connectivity index is 1.72. The van der Waals surface area contributed by atoms with E-state index in [1.54, 1.807) is 42.5 Å². The number of nitriles is 1. The van der Waals surface area contributed by atoms with Gasteiger partial charge >= 0.3 is 5.63 Å². The summed E-state index contributed by atoms with van der Waals surface area (Å²) in [6.45, 7) is 5.77. The third-order valence-corrected chi connectivity index (χ3v) is 6.44. The highest BCUT2D eigenvalue weighted by Gasteiger charge is 2.41. The summed E-state index contributed by atoms with van der Waals surface area (Å²) in [7, 11) is 0. The Kier molecular flexibility index (Phi) is 7.43. The Bertz CT molecular complexity index is 1640. The number of aryl methyl sites for hydroxylation is 1. The summed E-state index contributed by atoms with van der Waals surface area (Å²) in [5, 5.41) is 28.4. The van der Waals surface area contributed by atoms with Crippen LogP contribution in [0.3, 0.4) is 0 Å². The van der Waals surface area contributed by atoms with Gasteiger partial charge in [0.2, 0.25) is 5.60 Å². The van der Waals surface area contributed by atoms with Crippen LogP contribution in [0.2, 0.25) is 0 Å². The molecule has 0 aliphatic rings. The molecule has 3 aromatic carbocycles. The van der Waals surface area contributed by atoms with Crippen molar-refractivity contribution in [2.75, 3.05) is 5.32 Å². The molecule has 1 atom stereocenters. The van der Waals surface area contributed by atoms with Crippen LogP contribution >= 0.6 is 0 Å². The number of aliphatic hydroxyl groups is 1. The summed E-state index contributed by atoms with van der Waals surface area (Å²) < 4.78 is 4.85. The molecule has 1 unspecified atom stereocenters. The number of hydrogen-bond donors (Lipinski definition) is 2. The molecule has 2 N–H and O–H groups in total. The fourth-order valence-electron chi connectivity index (χ4n) is 4.34. The van der Waals surface area contributed by atoms with E-state index in [1.165, 1.54) is 0 Å². The predicted molar refractivity (Wildman–Crippen MR) is 145 cm³/mol. The van der Waals surface area contributed by atoms with Crippen LogP contribution in [0.25, 0.3) is 10.8 Å². The van der Waals surface area contributed by atoms with Crippen LogP contribution in [0.1, 0.15) is 49.6 Å². The second kappa shape index (κ2) is 10.7. The molecule has 7 nitrogen and oxygen atoms in total. The van der Waals surface area contributed by atoms with Crippen molar-refractivity contribution in [1.82, 2.24) is 5.16 Å². The molecule has 1 heterocycles. The van der Waals surface area contributed by atoms with Gasteiger partial charge in [-0.2, -0.15) is 5.26 Å². The Labute approximate surface area is 220 Å². The fraction of sp³-hybridized carbons (Fsp3) is 0.226. The standard InChI is InChI=1S/C31H27N3O4/c1-4-27-26-18-24(14-15-25(26)28(35)38-34-27)33-29(36)31(37,17-16-21-10-12-22(19-32)13-11-21)20-30(2,3)23-8-6-5-7-9-23/h5-15,18,37H,4,20H2,1-3H3,(H,33,36). The van der Waals surface area contributed by atoms with Crippen LogP contribution in [-0.2, 0) is 16.6 Å². The second-order valence-electron chi connectivity index (χ2n) is 9.71. The minimum atomic E-state index is -2.07. The number of amides is 1. The third-order valence-electron chi connectivity index (χ3n) is 6.44.